The molecule has 11 heteroatoms. The van der Waals surface area contributed by atoms with Gasteiger partial charge in [0.15, 0.2) is 5.69 Å². The van der Waals surface area contributed by atoms with Crippen molar-refractivity contribution in [1.82, 2.24) is 29.9 Å². The molecule has 1 aromatic carbocycles. The molecule has 1 amide bonds. The first kappa shape index (κ1) is 22.8. The van der Waals surface area contributed by atoms with Crippen LogP contribution in [0.3, 0.4) is 0 Å². The van der Waals surface area contributed by atoms with Gasteiger partial charge in [0.2, 0.25) is 0 Å². The van der Waals surface area contributed by atoms with Crippen molar-refractivity contribution in [2.75, 3.05) is 18.4 Å². The number of benzene rings is 1. The third kappa shape index (κ3) is 4.75. The van der Waals surface area contributed by atoms with Gasteiger partial charge in [-0.3, -0.25) is 4.79 Å². The second kappa shape index (κ2) is 9.82. The summed E-state index contributed by atoms with van der Waals surface area (Å²) in [5.74, 6) is -0.858. The number of piperidine rings is 1. The fourth-order valence-corrected chi connectivity index (χ4v) is 3.33. The Hall–Kier alpha value is -2.49. The molecule has 1 saturated heterocycles. The topological polar surface area (TPSA) is 89.7 Å². The highest BCUT2D eigenvalue weighted by Gasteiger charge is 2.23. The molecular formula is C18H22Cl2FN7O. The standard InChI is InChI=1S/C18H20FN7O.2ClH/c1-12-17(23-24-26(12)14-4-6-20-7-5-14)18(27)22-13-2-3-16(15(19)10-13)25-9-8-21-11-25;;/h2-3,8-11,14,20H,4-7H2,1H3,(H,22,27);2*1H. The molecule has 0 unspecified atom stereocenters. The molecule has 0 spiro atoms. The lowest BCUT2D eigenvalue weighted by Gasteiger charge is -2.23. The third-order valence-electron chi connectivity index (χ3n) is 4.79. The number of amides is 1. The lowest BCUT2D eigenvalue weighted by Crippen LogP contribution is -2.30. The molecule has 2 aromatic heterocycles. The van der Waals surface area contributed by atoms with E-state index < -0.39 is 11.7 Å². The van der Waals surface area contributed by atoms with E-state index in [1.165, 1.54) is 12.4 Å². The van der Waals surface area contributed by atoms with Crippen molar-refractivity contribution in [1.29, 1.82) is 0 Å². The average Bonchev–Trinajstić information content (AvgIpc) is 3.32. The summed E-state index contributed by atoms with van der Waals surface area (Å²) in [5, 5.41) is 14.2. The fraction of sp³-hybridized carbons (Fsp3) is 0.333. The quantitative estimate of drug-likeness (QED) is 0.649. The largest absolute Gasteiger partial charge is 0.320 e. The molecular weight excluding hydrogens is 420 g/mol. The molecule has 1 fully saturated rings. The lowest BCUT2D eigenvalue weighted by molar-refractivity contribution is 0.102. The lowest BCUT2D eigenvalue weighted by atomic mass is 10.1. The molecule has 1 aliphatic heterocycles. The number of hydrogen-bond acceptors (Lipinski definition) is 5. The maximum absolute atomic E-state index is 14.4. The summed E-state index contributed by atoms with van der Waals surface area (Å²) < 4.78 is 17.7. The Bertz CT molecular complexity index is 955. The molecule has 0 atom stereocenters. The second-order valence-electron chi connectivity index (χ2n) is 6.54. The molecule has 4 rings (SSSR count). The van der Waals surface area contributed by atoms with E-state index in [4.69, 9.17) is 0 Å². The molecule has 8 nitrogen and oxygen atoms in total. The van der Waals surface area contributed by atoms with E-state index in [-0.39, 0.29) is 36.5 Å². The summed E-state index contributed by atoms with van der Waals surface area (Å²) in [6.45, 7) is 3.68. The van der Waals surface area contributed by atoms with Gasteiger partial charge in [-0.2, -0.15) is 0 Å². The van der Waals surface area contributed by atoms with Crippen molar-refractivity contribution in [3.63, 3.8) is 0 Å². The first-order valence-corrected chi connectivity index (χ1v) is 8.85. The van der Waals surface area contributed by atoms with E-state index in [1.807, 2.05) is 11.6 Å². The first-order valence-electron chi connectivity index (χ1n) is 8.85. The average molecular weight is 442 g/mol. The van der Waals surface area contributed by atoms with Crippen LogP contribution in [0.2, 0.25) is 0 Å². The van der Waals surface area contributed by atoms with Crippen LogP contribution in [0.1, 0.15) is 35.1 Å². The van der Waals surface area contributed by atoms with Crippen molar-refractivity contribution in [3.05, 3.63) is 54.1 Å². The van der Waals surface area contributed by atoms with Gasteiger partial charge >= 0.3 is 0 Å². The predicted octanol–water partition coefficient (Wildman–Crippen LogP) is 2.93. The molecule has 0 radical (unpaired) electrons. The molecule has 3 aromatic rings. The van der Waals surface area contributed by atoms with Crippen molar-refractivity contribution in [2.24, 2.45) is 0 Å². The Morgan fingerprint density at radius 1 is 1.28 bits per heavy atom. The molecule has 3 heterocycles. The summed E-state index contributed by atoms with van der Waals surface area (Å²) in [6.07, 6.45) is 6.64. The summed E-state index contributed by atoms with van der Waals surface area (Å²) >= 11 is 0. The van der Waals surface area contributed by atoms with Crippen LogP contribution in [0, 0.1) is 12.7 Å². The third-order valence-corrected chi connectivity index (χ3v) is 4.79. The molecule has 2 N–H and O–H groups in total. The summed E-state index contributed by atoms with van der Waals surface area (Å²) in [6, 6.07) is 4.75. The van der Waals surface area contributed by atoms with Crippen molar-refractivity contribution >= 4 is 36.4 Å². The Balaban J connectivity index is 0.00000150. The van der Waals surface area contributed by atoms with Gasteiger partial charge in [-0.15, -0.1) is 29.9 Å². The predicted molar refractivity (Wildman–Crippen MR) is 112 cm³/mol. The van der Waals surface area contributed by atoms with E-state index in [0.717, 1.165) is 31.6 Å². The molecule has 156 valence electrons. The minimum absolute atomic E-state index is 0. The highest BCUT2D eigenvalue weighted by Crippen LogP contribution is 2.22. The van der Waals surface area contributed by atoms with Crippen LogP contribution in [-0.4, -0.2) is 43.5 Å². The van der Waals surface area contributed by atoms with E-state index in [2.05, 4.69) is 25.9 Å². The maximum atomic E-state index is 14.4. The maximum Gasteiger partial charge on any atom is 0.278 e. The van der Waals surface area contributed by atoms with Crippen LogP contribution in [0.25, 0.3) is 5.69 Å². The van der Waals surface area contributed by atoms with Crippen LogP contribution in [0.15, 0.2) is 36.9 Å². The monoisotopic (exact) mass is 441 g/mol. The summed E-state index contributed by atoms with van der Waals surface area (Å²) in [7, 11) is 0. The van der Waals surface area contributed by atoms with Crippen molar-refractivity contribution in [2.45, 2.75) is 25.8 Å². The normalized spacial score (nSPS) is 14.0. The Labute approximate surface area is 179 Å². The summed E-state index contributed by atoms with van der Waals surface area (Å²) in [4.78, 5) is 16.5. The van der Waals surface area contributed by atoms with Gasteiger partial charge in [0.1, 0.15) is 5.82 Å². The van der Waals surface area contributed by atoms with Crippen LogP contribution in [0.4, 0.5) is 10.1 Å². The zero-order valence-electron chi connectivity index (χ0n) is 15.7. The van der Waals surface area contributed by atoms with Gasteiger partial charge in [-0.05, 0) is 51.1 Å². The number of aromatic nitrogens is 5. The van der Waals surface area contributed by atoms with E-state index in [9.17, 15) is 9.18 Å². The molecule has 1 aliphatic rings. The number of halogens is 3. The molecule has 29 heavy (non-hydrogen) atoms. The van der Waals surface area contributed by atoms with E-state index in [0.29, 0.717) is 11.4 Å². The Kier molecular flexibility index (Phi) is 7.72. The number of nitrogens with zero attached hydrogens (tertiary/aromatic N) is 5. The van der Waals surface area contributed by atoms with Crippen LogP contribution >= 0.6 is 24.8 Å². The number of hydrogen-bond donors (Lipinski definition) is 2. The van der Waals surface area contributed by atoms with Gasteiger partial charge in [0.25, 0.3) is 5.91 Å². The minimum Gasteiger partial charge on any atom is -0.320 e. The van der Waals surface area contributed by atoms with Gasteiger partial charge in [-0.25, -0.2) is 14.1 Å². The van der Waals surface area contributed by atoms with E-state index >= 15 is 0 Å². The Morgan fingerprint density at radius 3 is 2.69 bits per heavy atom. The smallest absolute Gasteiger partial charge is 0.278 e. The summed E-state index contributed by atoms with van der Waals surface area (Å²) in [5.41, 5.74) is 1.69. The minimum atomic E-state index is -0.458. The zero-order chi connectivity index (χ0) is 18.8. The van der Waals surface area contributed by atoms with Crippen molar-refractivity contribution < 1.29 is 9.18 Å². The van der Waals surface area contributed by atoms with Crippen molar-refractivity contribution in [3.8, 4) is 5.69 Å². The highest BCUT2D eigenvalue weighted by molar-refractivity contribution is 6.03. The number of anilines is 1. The zero-order valence-corrected chi connectivity index (χ0v) is 17.3. The number of nitrogens with one attached hydrogen (secondary N) is 2. The number of carbonyl (C=O) groups is 1. The van der Waals surface area contributed by atoms with Gasteiger partial charge in [0.05, 0.1) is 23.8 Å². The molecule has 0 aliphatic carbocycles. The van der Waals surface area contributed by atoms with Crippen LogP contribution in [0.5, 0.6) is 0 Å². The van der Waals surface area contributed by atoms with Gasteiger partial charge in [-0.1, -0.05) is 5.21 Å². The molecule has 0 bridgehead atoms. The second-order valence-corrected chi connectivity index (χ2v) is 6.54. The van der Waals surface area contributed by atoms with Crippen LogP contribution in [-0.2, 0) is 0 Å². The molecule has 0 saturated carbocycles. The number of carbonyl (C=O) groups excluding carboxylic acids is 1. The number of rotatable bonds is 4. The Morgan fingerprint density at radius 2 is 2.03 bits per heavy atom. The van der Waals surface area contributed by atoms with Crippen LogP contribution < -0.4 is 10.6 Å². The van der Waals surface area contributed by atoms with Gasteiger partial charge in [0, 0.05) is 18.1 Å². The number of imidazole rings is 1. The fourth-order valence-electron chi connectivity index (χ4n) is 3.33. The van der Waals surface area contributed by atoms with Gasteiger partial charge < -0.3 is 15.2 Å². The first-order chi connectivity index (χ1) is 13.1. The highest BCUT2D eigenvalue weighted by atomic mass is 35.5. The SMILES string of the molecule is Cc1c(C(=O)Nc2ccc(-n3ccnc3)c(F)c2)nnn1C1CCNCC1.Cl.Cl. The van der Waals surface area contributed by atoms with E-state index in [1.54, 1.807) is 29.1 Å².